The maximum Gasteiger partial charge on any atom is 0.135 e. The van der Waals surface area contributed by atoms with Gasteiger partial charge < -0.3 is 9.30 Å². The van der Waals surface area contributed by atoms with Crippen molar-refractivity contribution in [1.29, 1.82) is 0 Å². The summed E-state index contributed by atoms with van der Waals surface area (Å²) in [6.45, 7) is 4.37. The third-order valence-electron chi connectivity index (χ3n) is 5.17. The highest BCUT2D eigenvalue weighted by Crippen LogP contribution is 2.36. The molecule has 3 aromatic heterocycles. The van der Waals surface area contributed by atoms with Crippen molar-refractivity contribution in [3.63, 3.8) is 0 Å². The van der Waals surface area contributed by atoms with E-state index in [4.69, 9.17) is 4.74 Å². The molecule has 2 aliphatic rings. The molecule has 0 aromatic carbocycles. The van der Waals surface area contributed by atoms with E-state index < -0.39 is 0 Å². The van der Waals surface area contributed by atoms with Gasteiger partial charge in [0.15, 0.2) is 0 Å². The quantitative estimate of drug-likeness (QED) is 0.726. The van der Waals surface area contributed by atoms with Gasteiger partial charge in [0.1, 0.15) is 18.0 Å². The zero-order valence-corrected chi connectivity index (χ0v) is 14.8. The predicted octanol–water partition coefficient (Wildman–Crippen LogP) is 3.18. The van der Waals surface area contributed by atoms with E-state index in [0.717, 1.165) is 44.1 Å². The number of imidazole rings is 1. The van der Waals surface area contributed by atoms with Crippen molar-refractivity contribution in [3.05, 3.63) is 59.6 Å². The van der Waals surface area contributed by atoms with Crippen molar-refractivity contribution < 1.29 is 4.74 Å². The number of likely N-dealkylation sites (tertiary alicyclic amines) is 1. The van der Waals surface area contributed by atoms with Gasteiger partial charge in [0.2, 0.25) is 0 Å². The molecule has 0 saturated carbocycles. The first kappa shape index (κ1) is 15.3. The molecule has 0 radical (unpaired) electrons. The molecule has 1 fully saturated rings. The Hall–Kier alpha value is -2.02. The minimum Gasteiger partial charge on any atom is -0.364 e. The summed E-state index contributed by atoms with van der Waals surface area (Å²) < 4.78 is 8.67. The summed E-state index contributed by atoms with van der Waals surface area (Å²) in [5.41, 5.74) is 2.24. The Bertz CT molecular complexity index is 861. The molecule has 1 saturated heterocycles. The molecule has 0 unspecified atom stereocenters. The van der Waals surface area contributed by atoms with Crippen molar-refractivity contribution in [2.75, 3.05) is 13.1 Å². The average molecular weight is 352 g/mol. The number of ether oxygens (including phenoxy) is 1. The minimum atomic E-state index is -0.103. The number of thiophene rings is 1. The molecule has 5 rings (SSSR count). The van der Waals surface area contributed by atoms with E-state index in [1.807, 2.05) is 18.5 Å². The fourth-order valence-electron chi connectivity index (χ4n) is 3.91. The molecule has 25 heavy (non-hydrogen) atoms. The second kappa shape index (κ2) is 6.05. The summed E-state index contributed by atoms with van der Waals surface area (Å²) in [7, 11) is 0. The Morgan fingerprint density at radius 3 is 3.00 bits per heavy atom. The summed E-state index contributed by atoms with van der Waals surface area (Å²) in [4.78, 5) is 12.8. The third-order valence-corrected chi connectivity index (χ3v) is 6.07. The first-order valence-corrected chi connectivity index (χ1v) is 9.54. The van der Waals surface area contributed by atoms with Gasteiger partial charge in [-0.25, -0.2) is 4.98 Å². The molecule has 1 atom stereocenters. The summed E-state index contributed by atoms with van der Waals surface area (Å²) in [6, 6.07) is 10.4. The van der Waals surface area contributed by atoms with Crippen LogP contribution in [0.25, 0.3) is 10.6 Å². The molecular weight excluding hydrogens is 332 g/mol. The summed E-state index contributed by atoms with van der Waals surface area (Å²) in [6.07, 6.45) is 4.91. The largest absolute Gasteiger partial charge is 0.364 e. The van der Waals surface area contributed by atoms with E-state index in [0.29, 0.717) is 6.61 Å². The van der Waals surface area contributed by atoms with E-state index in [2.05, 4.69) is 49.1 Å². The van der Waals surface area contributed by atoms with E-state index in [1.54, 1.807) is 11.3 Å². The van der Waals surface area contributed by atoms with Crippen LogP contribution in [0.15, 0.2) is 48.1 Å². The van der Waals surface area contributed by atoms with Crippen LogP contribution in [0.3, 0.4) is 0 Å². The van der Waals surface area contributed by atoms with Gasteiger partial charge >= 0.3 is 0 Å². The molecule has 0 bridgehead atoms. The van der Waals surface area contributed by atoms with Crippen LogP contribution in [0.2, 0.25) is 0 Å². The van der Waals surface area contributed by atoms with Crippen molar-refractivity contribution in [2.45, 2.75) is 31.7 Å². The van der Waals surface area contributed by atoms with Gasteiger partial charge in [-0.3, -0.25) is 9.88 Å². The Morgan fingerprint density at radius 2 is 2.16 bits per heavy atom. The highest BCUT2D eigenvalue weighted by molar-refractivity contribution is 7.13. The van der Waals surface area contributed by atoms with Crippen molar-refractivity contribution in [2.24, 2.45) is 0 Å². The Kier molecular flexibility index (Phi) is 3.69. The third kappa shape index (κ3) is 2.80. The lowest BCUT2D eigenvalue weighted by molar-refractivity contribution is -0.0821. The molecule has 128 valence electrons. The second-order valence-corrected chi connectivity index (χ2v) is 7.82. The van der Waals surface area contributed by atoms with Crippen LogP contribution in [-0.2, 0) is 24.4 Å². The summed E-state index contributed by atoms with van der Waals surface area (Å²) >= 11 is 1.77. The van der Waals surface area contributed by atoms with Crippen LogP contribution >= 0.6 is 11.3 Å². The van der Waals surface area contributed by atoms with Gasteiger partial charge in [0, 0.05) is 25.8 Å². The highest BCUT2D eigenvalue weighted by Gasteiger charge is 2.43. The lowest BCUT2D eigenvalue weighted by Crippen LogP contribution is -2.44. The molecule has 5 nitrogen and oxygen atoms in total. The number of hydrogen-bond donors (Lipinski definition) is 0. The van der Waals surface area contributed by atoms with Crippen LogP contribution in [0, 0.1) is 0 Å². The standard InChI is InChI=1S/C19H20N4OS/c1-2-7-20-15(4-1)11-22-8-6-19(13-22)14-23-16(17-5-3-9-25-17)10-21-18(23)12-24-19/h1-5,7,9-10H,6,8,11-14H2/t19-/m1/s1. The van der Waals surface area contributed by atoms with E-state index >= 15 is 0 Å². The first-order chi connectivity index (χ1) is 12.3. The van der Waals surface area contributed by atoms with Crippen molar-refractivity contribution in [3.8, 4) is 10.6 Å². The average Bonchev–Trinajstić information content (AvgIpc) is 3.36. The van der Waals surface area contributed by atoms with Gasteiger partial charge in [-0.05, 0) is 30.0 Å². The highest BCUT2D eigenvalue weighted by atomic mass is 32.1. The molecule has 3 aromatic rings. The Balaban J connectivity index is 1.36. The molecule has 2 aliphatic heterocycles. The minimum absolute atomic E-state index is 0.103. The van der Waals surface area contributed by atoms with Gasteiger partial charge in [-0.15, -0.1) is 11.3 Å². The number of aromatic nitrogens is 3. The fraction of sp³-hybridized carbons (Fsp3) is 0.368. The SMILES string of the molecule is c1ccc(CN2CC[C@@]3(C2)Cn2c(-c4cccs4)cnc2CO3)nc1. The van der Waals surface area contributed by atoms with Crippen LogP contribution in [-0.4, -0.2) is 38.1 Å². The number of hydrogen-bond acceptors (Lipinski definition) is 5. The number of pyridine rings is 1. The molecule has 1 spiro atoms. The van der Waals surface area contributed by atoms with Gasteiger partial charge in [-0.2, -0.15) is 0 Å². The molecular formula is C19H20N4OS. The summed E-state index contributed by atoms with van der Waals surface area (Å²) in [5, 5.41) is 2.12. The zero-order chi connectivity index (χ0) is 16.7. The smallest absolute Gasteiger partial charge is 0.135 e. The van der Waals surface area contributed by atoms with Crippen LogP contribution < -0.4 is 0 Å². The topological polar surface area (TPSA) is 43.2 Å². The van der Waals surface area contributed by atoms with Crippen LogP contribution in [0.4, 0.5) is 0 Å². The number of nitrogens with zero attached hydrogens (tertiary/aromatic N) is 4. The normalized spacial score (nSPS) is 23.2. The number of fused-ring (bicyclic) bond motifs is 1. The van der Waals surface area contributed by atoms with Gasteiger partial charge in [-0.1, -0.05) is 12.1 Å². The van der Waals surface area contributed by atoms with Crippen LogP contribution in [0.1, 0.15) is 17.9 Å². The number of rotatable bonds is 3. The molecule has 5 heterocycles. The second-order valence-electron chi connectivity index (χ2n) is 6.88. The Morgan fingerprint density at radius 1 is 1.16 bits per heavy atom. The van der Waals surface area contributed by atoms with E-state index in [1.165, 1.54) is 10.6 Å². The predicted molar refractivity (Wildman–Crippen MR) is 97.2 cm³/mol. The van der Waals surface area contributed by atoms with Crippen LogP contribution in [0.5, 0.6) is 0 Å². The Labute approximate surface area is 150 Å². The first-order valence-electron chi connectivity index (χ1n) is 8.66. The maximum absolute atomic E-state index is 6.31. The van der Waals surface area contributed by atoms with Crippen molar-refractivity contribution >= 4 is 11.3 Å². The van der Waals surface area contributed by atoms with E-state index in [-0.39, 0.29) is 5.60 Å². The molecule has 0 amide bonds. The summed E-state index contributed by atoms with van der Waals surface area (Å²) in [5.74, 6) is 1.04. The zero-order valence-electron chi connectivity index (χ0n) is 14.0. The molecule has 6 heteroatoms. The molecule has 0 N–H and O–H groups in total. The molecule has 0 aliphatic carbocycles. The fourth-order valence-corrected chi connectivity index (χ4v) is 4.65. The maximum atomic E-state index is 6.31. The van der Waals surface area contributed by atoms with E-state index in [9.17, 15) is 0 Å². The van der Waals surface area contributed by atoms with Gasteiger partial charge in [0.05, 0.1) is 29.0 Å². The monoisotopic (exact) mass is 352 g/mol. The lowest BCUT2D eigenvalue weighted by atomic mass is 10.0. The van der Waals surface area contributed by atoms with Crippen molar-refractivity contribution in [1.82, 2.24) is 19.4 Å². The van der Waals surface area contributed by atoms with Gasteiger partial charge in [0.25, 0.3) is 0 Å². The lowest BCUT2D eigenvalue weighted by Gasteiger charge is -2.35.